The number of carbonyl (C=O) groups is 3. The minimum Gasteiger partial charge on any atom is -0.478 e. The zero-order chi connectivity index (χ0) is 15.8. The first-order chi connectivity index (χ1) is 9.67. The van der Waals surface area contributed by atoms with Gasteiger partial charge in [-0.2, -0.15) is 0 Å². The fourth-order valence-corrected chi connectivity index (χ4v) is 1.76. The highest BCUT2D eigenvalue weighted by atomic mass is 16.6. The van der Waals surface area contributed by atoms with Crippen LogP contribution in [0.15, 0.2) is 12.3 Å². The van der Waals surface area contributed by atoms with Crippen LogP contribution < -0.4 is 10.2 Å². The molecule has 0 bridgehead atoms. The van der Waals surface area contributed by atoms with Crippen LogP contribution >= 0.6 is 0 Å². The van der Waals surface area contributed by atoms with Crippen molar-refractivity contribution in [2.75, 3.05) is 16.8 Å². The Morgan fingerprint density at radius 2 is 2.10 bits per heavy atom. The molecule has 0 fully saturated rings. The molecule has 1 aromatic rings. The molecular weight excluding hydrogens is 278 g/mol. The van der Waals surface area contributed by atoms with Gasteiger partial charge in [0.15, 0.2) is 5.82 Å². The summed E-state index contributed by atoms with van der Waals surface area (Å²) in [7, 11) is 0. The summed E-state index contributed by atoms with van der Waals surface area (Å²) in [5.74, 6) is -1.46. The van der Waals surface area contributed by atoms with E-state index in [2.05, 4.69) is 10.3 Å². The van der Waals surface area contributed by atoms with Crippen molar-refractivity contribution in [2.24, 2.45) is 0 Å². The molecule has 0 spiro atoms. The predicted molar refractivity (Wildman–Crippen MR) is 73.4 cm³/mol. The van der Waals surface area contributed by atoms with Crippen LogP contribution in [-0.4, -0.2) is 40.2 Å². The maximum Gasteiger partial charge on any atom is 0.416 e. The predicted octanol–water partition coefficient (Wildman–Crippen LogP) is 1.47. The van der Waals surface area contributed by atoms with Crippen LogP contribution in [0.2, 0.25) is 0 Å². The van der Waals surface area contributed by atoms with E-state index >= 15 is 0 Å². The van der Waals surface area contributed by atoms with Crippen molar-refractivity contribution in [1.82, 2.24) is 4.98 Å². The second-order valence-electron chi connectivity index (χ2n) is 5.51. The van der Waals surface area contributed by atoms with Crippen LogP contribution in [0.5, 0.6) is 0 Å². The maximum absolute atomic E-state index is 12.1. The van der Waals surface area contributed by atoms with Gasteiger partial charge in [-0.15, -0.1) is 0 Å². The van der Waals surface area contributed by atoms with E-state index in [-0.39, 0.29) is 23.6 Å². The lowest BCUT2D eigenvalue weighted by atomic mass is 10.2. The molecule has 8 heteroatoms. The van der Waals surface area contributed by atoms with Gasteiger partial charge < -0.3 is 15.2 Å². The molecule has 2 heterocycles. The summed E-state index contributed by atoms with van der Waals surface area (Å²) in [4.78, 5) is 39.7. The van der Waals surface area contributed by atoms with Gasteiger partial charge in [-0.3, -0.25) is 9.69 Å². The van der Waals surface area contributed by atoms with Crippen molar-refractivity contribution < 1.29 is 24.2 Å². The Morgan fingerprint density at radius 3 is 2.67 bits per heavy atom. The number of nitrogens with one attached hydrogen (secondary N) is 1. The summed E-state index contributed by atoms with van der Waals surface area (Å²) in [6.45, 7) is 4.88. The van der Waals surface area contributed by atoms with Crippen LogP contribution in [0, 0.1) is 0 Å². The maximum atomic E-state index is 12.1. The number of aromatic nitrogens is 1. The zero-order valence-corrected chi connectivity index (χ0v) is 11.8. The quantitative estimate of drug-likeness (QED) is 0.811. The first kappa shape index (κ1) is 14.8. The number of ether oxygens (including phenoxy) is 1. The van der Waals surface area contributed by atoms with Crippen molar-refractivity contribution in [2.45, 2.75) is 26.4 Å². The largest absolute Gasteiger partial charge is 0.478 e. The molecule has 0 aliphatic carbocycles. The molecule has 21 heavy (non-hydrogen) atoms. The van der Waals surface area contributed by atoms with Crippen molar-refractivity contribution >= 4 is 29.5 Å². The van der Waals surface area contributed by atoms with Gasteiger partial charge in [0.05, 0.1) is 11.3 Å². The summed E-state index contributed by atoms with van der Waals surface area (Å²) in [5.41, 5.74) is -0.635. The molecule has 2 N–H and O–H groups in total. The Hall–Kier alpha value is -2.64. The topological polar surface area (TPSA) is 109 Å². The third-order valence-electron chi connectivity index (χ3n) is 2.56. The molecule has 112 valence electrons. The van der Waals surface area contributed by atoms with Crippen molar-refractivity contribution in [3.63, 3.8) is 0 Å². The van der Waals surface area contributed by atoms with Gasteiger partial charge in [0.1, 0.15) is 12.1 Å². The van der Waals surface area contributed by atoms with E-state index in [1.807, 2.05) is 0 Å². The third kappa shape index (κ3) is 3.28. The van der Waals surface area contributed by atoms with Crippen molar-refractivity contribution in [1.29, 1.82) is 0 Å². The number of carboxylic acid groups (broad SMARTS) is 1. The summed E-state index contributed by atoms with van der Waals surface area (Å²) >= 11 is 0. The highest BCUT2D eigenvalue weighted by molar-refractivity contribution is 6.08. The zero-order valence-electron chi connectivity index (χ0n) is 11.8. The van der Waals surface area contributed by atoms with Gasteiger partial charge in [-0.05, 0) is 26.8 Å². The van der Waals surface area contributed by atoms with E-state index in [0.717, 1.165) is 11.1 Å². The monoisotopic (exact) mass is 293 g/mol. The van der Waals surface area contributed by atoms with Gasteiger partial charge in [-0.25, -0.2) is 14.6 Å². The van der Waals surface area contributed by atoms with Crippen LogP contribution in [0.4, 0.5) is 16.3 Å². The van der Waals surface area contributed by atoms with Crippen molar-refractivity contribution in [3.05, 3.63) is 17.8 Å². The molecule has 2 amide bonds. The molecule has 0 aromatic carbocycles. The van der Waals surface area contributed by atoms with Gasteiger partial charge in [0, 0.05) is 6.20 Å². The smallest absolute Gasteiger partial charge is 0.416 e. The number of carbonyl (C=O) groups excluding carboxylic acids is 2. The Labute approximate surface area is 120 Å². The number of anilines is 2. The van der Waals surface area contributed by atoms with E-state index in [4.69, 9.17) is 9.84 Å². The number of aromatic carboxylic acids is 1. The van der Waals surface area contributed by atoms with Crippen molar-refractivity contribution in [3.8, 4) is 0 Å². The minimum absolute atomic E-state index is 0.0833. The molecule has 0 unspecified atom stereocenters. The lowest BCUT2D eigenvalue weighted by molar-refractivity contribution is -0.115. The molecule has 1 aliphatic rings. The summed E-state index contributed by atoms with van der Waals surface area (Å²) in [5, 5.41) is 11.4. The SMILES string of the molecule is CC(C)(C)OC(=O)N1CC(=O)Nc2cc(C(=O)O)cnc21. The van der Waals surface area contributed by atoms with Gasteiger partial charge >= 0.3 is 12.1 Å². The summed E-state index contributed by atoms with van der Waals surface area (Å²) in [6.07, 6.45) is 0.407. The van der Waals surface area contributed by atoms with Gasteiger partial charge in [0.25, 0.3) is 0 Å². The normalized spacial score (nSPS) is 14.2. The fourth-order valence-electron chi connectivity index (χ4n) is 1.76. The Bertz CT molecular complexity index is 621. The van der Waals surface area contributed by atoms with E-state index in [0.29, 0.717) is 0 Å². The molecular formula is C13H15N3O5. The number of fused-ring (bicyclic) bond motifs is 1. The molecule has 0 atom stereocenters. The van der Waals surface area contributed by atoms with Gasteiger partial charge in [-0.1, -0.05) is 0 Å². The van der Waals surface area contributed by atoms with Crippen LogP contribution in [-0.2, 0) is 9.53 Å². The first-order valence-corrected chi connectivity index (χ1v) is 6.21. The lowest BCUT2D eigenvalue weighted by Gasteiger charge is -2.30. The second kappa shape index (κ2) is 5.04. The van der Waals surface area contributed by atoms with E-state index in [1.54, 1.807) is 20.8 Å². The minimum atomic E-state index is -1.17. The average molecular weight is 293 g/mol. The Kier molecular flexibility index (Phi) is 3.54. The first-order valence-electron chi connectivity index (χ1n) is 6.21. The average Bonchev–Trinajstić information content (AvgIpc) is 2.34. The molecule has 8 nitrogen and oxygen atoms in total. The van der Waals surface area contributed by atoms with Crippen LogP contribution in [0.1, 0.15) is 31.1 Å². The number of hydrogen-bond acceptors (Lipinski definition) is 5. The third-order valence-corrected chi connectivity index (χ3v) is 2.56. The molecule has 1 aromatic heterocycles. The number of amides is 2. The molecule has 0 radical (unpaired) electrons. The standard InChI is InChI=1S/C13H15N3O5/c1-13(2,3)21-12(20)16-6-9(17)15-8-4-7(11(18)19)5-14-10(8)16/h4-5H,6H2,1-3H3,(H,15,17)(H,18,19). The Morgan fingerprint density at radius 1 is 1.43 bits per heavy atom. The molecule has 0 saturated carbocycles. The Balaban J connectivity index is 2.37. The number of pyridine rings is 1. The fraction of sp³-hybridized carbons (Fsp3) is 0.385. The number of carboxylic acids is 1. The highest BCUT2D eigenvalue weighted by Gasteiger charge is 2.32. The molecule has 1 aliphatic heterocycles. The van der Waals surface area contributed by atoms with Crippen LogP contribution in [0.25, 0.3) is 0 Å². The number of nitrogens with zero attached hydrogens (tertiary/aromatic N) is 2. The number of rotatable bonds is 1. The van der Waals surface area contributed by atoms with E-state index in [9.17, 15) is 14.4 Å². The van der Waals surface area contributed by atoms with Crippen LogP contribution in [0.3, 0.4) is 0 Å². The lowest BCUT2D eigenvalue weighted by Crippen LogP contribution is -2.45. The highest BCUT2D eigenvalue weighted by Crippen LogP contribution is 2.29. The summed E-state index contributed by atoms with van der Waals surface area (Å²) < 4.78 is 5.21. The van der Waals surface area contributed by atoms with Gasteiger partial charge in [0.2, 0.25) is 5.91 Å². The summed E-state index contributed by atoms with van der Waals surface area (Å²) in [6, 6.07) is 1.25. The molecule has 2 rings (SSSR count). The number of hydrogen-bond donors (Lipinski definition) is 2. The second-order valence-corrected chi connectivity index (χ2v) is 5.51. The van der Waals surface area contributed by atoms with E-state index < -0.39 is 23.6 Å². The molecule has 0 saturated heterocycles. The van der Waals surface area contributed by atoms with E-state index in [1.165, 1.54) is 6.07 Å².